The molecule has 0 spiro atoms. The van der Waals surface area contributed by atoms with Crippen LogP contribution < -0.4 is 0 Å². The van der Waals surface area contributed by atoms with Crippen LogP contribution in [0.5, 0.6) is 0 Å². The van der Waals surface area contributed by atoms with E-state index in [-0.39, 0.29) is 11.3 Å². The van der Waals surface area contributed by atoms with Crippen molar-refractivity contribution in [1.29, 1.82) is 0 Å². The van der Waals surface area contributed by atoms with Crippen molar-refractivity contribution in [3.05, 3.63) is 11.6 Å². The molecule has 0 N–H and O–H groups in total. The number of Topliss-reactive ketones (excluding diaryl/α,β-unsaturated/α-hetero) is 1. The molecule has 0 heterocycles. The Kier molecular flexibility index (Phi) is 1.48. The van der Waals surface area contributed by atoms with Crippen molar-refractivity contribution in [3.8, 4) is 0 Å². The molecule has 1 saturated carbocycles. The second-order valence-corrected chi connectivity index (χ2v) is 4.87. The maximum absolute atomic E-state index is 11.9. The van der Waals surface area contributed by atoms with Crippen LogP contribution in [0, 0.1) is 17.3 Å². The maximum atomic E-state index is 11.9. The fourth-order valence-corrected chi connectivity index (χ4v) is 2.77. The lowest BCUT2D eigenvalue weighted by Crippen LogP contribution is -2.21. The Balaban J connectivity index is 2.32. The molecule has 2 aliphatic rings. The molecule has 2 atom stereocenters. The lowest BCUT2D eigenvalue weighted by atomic mass is 9.87. The number of allylic oxidation sites excluding steroid dienone is 2. The van der Waals surface area contributed by atoms with E-state index in [0.29, 0.717) is 11.7 Å². The lowest BCUT2D eigenvalue weighted by Gasteiger charge is -2.15. The Labute approximate surface area is 73.8 Å². The first-order valence-corrected chi connectivity index (χ1v) is 4.73. The monoisotopic (exact) mass is 164 g/mol. The van der Waals surface area contributed by atoms with Crippen LogP contribution in [0.1, 0.15) is 33.6 Å². The summed E-state index contributed by atoms with van der Waals surface area (Å²) in [5, 5.41) is 0. The Morgan fingerprint density at radius 3 is 2.75 bits per heavy atom. The summed E-state index contributed by atoms with van der Waals surface area (Å²) < 4.78 is 0. The SMILES string of the molecule is CC1=CCC2CC(C)(C)C(=O)C12. The van der Waals surface area contributed by atoms with Gasteiger partial charge < -0.3 is 0 Å². The number of rotatable bonds is 0. The fraction of sp³-hybridized carbons (Fsp3) is 0.727. The van der Waals surface area contributed by atoms with Crippen LogP contribution in [0.15, 0.2) is 11.6 Å². The minimum absolute atomic E-state index is 0.0507. The summed E-state index contributed by atoms with van der Waals surface area (Å²) in [6, 6.07) is 0. The van der Waals surface area contributed by atoms with Gasteiger partial charge in [0.15, 0.2) is 0 Å². The van der Waals surface area contributed by atoms with Crippen molar-refractivity contribution in [1.82, 2.24) is 0 Å². The van der Waals surface area contributed by atoms with Crippen molar-refractivity contribution in [3.63, 3.8) is 0 Å². The van der Waals surface area contributed by atoms with Crippen LogP contribution in [-0.2, 0) is 4.79 Å². The molecule has 1 nitrogen and oxygen atoms in total. The number of hydrogen-bond donors (Lipinski definition) is 0. The molecule has 0 bridgehead atoms. The van der Waals surface area contributed by atoms with Crippen molar-refractivity contribution in [2.24, 2.45) is 17.3 Å². The van der Waals surface area contributed by atoms with Gasteiger partial charge in [-0.1, -0.05) is 25.5 Å². The predicted octanol–water partition coefficient (Wildman–Crippen LogP) is 2.57. The number of hydrogen-bond acceptors (Lipinski definition) is 1. The zero-order valence-electron chi connectivity index (χ0n) is 8.05. The van der Waals surface area contributed by atoms with Gasteiger partial charge in [-0.05, 0) is 25.7 Å². The second kappa shape index (κ2) is 2.21. The third-order valence-electron chi connectivity index (χ3n) is 3.43. The van der Waals surface area contributed by atoms with Crippen molar-refractivity contribution >= 4 is 5.78 Å². The minimum Gasteiger partial charge on any atom is -0.298 e. The van der Waals surface area contributed by atoms with Crippen LogP contribution in [0.2, 0.25) is 0 Å². The van der Waals surface area contributed by atoms with Crippen molar-refractivity contribution < 1.29 is 4.79 Å². The molecule has 2 rings (SSSR count). The number of carbonyl (C=O) groups is 1. The molecular weight excluding hydrogens is 148 g/mol. The summed E-state index contributed by atoms with van der Waals surface area (Å²) in [5.74, 6) is 1.38. The Hall–Kier alpha value is -0.590. The van der Waals surface area contributed by atoms with Gasteiger partial charge in [-0.25, -0.2) is 0 Å². The number of ketones is 1. The highest BCUT2D eigenvalue weighted by Gasteiger charge is 2.48. The summed E-state index contributed by atoms with van der Waals surface area (Å²) in [4.78, 5) is 11.9. The van der Waals surface area contributed by atoms with Gasteiger partial charge in [0.05, 0.1) is 0 Å². The first-order chi connectivity index (χ1) is 5.52. The highest BCUT2D eigenvalue weighted by atomic mass is 16.1. The van der Waals surface area contributed by atoms with E-state index >= 15 is 0 Å². The van der Waals surface area contributed by atoms with Crippen LogP contribution >= 0.6 is 0 Å². The van der Waals surface area contributed by atoms with E-state index in [1.54, 1.807) is 0 Å². The summed E-state index contributed by atoms with van der Waals surface area (Å²) in [6.45, 7) is 6.27. The lowest BCUT2D eigenvalue weighted by molar-refractivity contribution is -0.126. The molecule has 0 radical (unpaired) electrons. The molecule has 0 aromatic rings. The molecule has 12 heavy (non-hydrogen) atoms. The molecule has 0 amide bonds. The van der Waals surface area contributed by atoms with Gasteiger partial charge in [-0.2, -0.15) is 0 Å². The van der Waals surface area contributed by atoms with Crippen LogP contribution in [-0.4, -0.2) is 5.78 Å². The van der Waals surface area contributed by atoms with Gasteiger partial charge in [0, 0.05) is 11.3 Å². The standard InChI is InChI=1S/C11H16O/c1-7-4-5-8-6-11(2,3)10(12)9(7)8/h4,8-9H,5-6H2,1-3H3. The summed E-state index contributed by atoms with van der Waals surface area (Å²) >= 11 is 0. The molecule has 2 aliphatic carbocycles. The molecule has 2 unspecified atom stereocenters. The summed E-state index contributed by atoms with van der Waals surface area (Å²) in [7, 11) is 0. The average Bonchev–Trinajstić information content (AvgIpc) is 2.38. The molecule has 1 heteroatoms. The van der Waals surface area contributed by atoms with Gasteiger partial charge in [0.2, 0.25) is 0 Å². The third-order valence-corrected chi connectivity index (χ3v) is 3.43. The molecular formula is C11H16O. The topological polar surface area (TPSA) is 17.1 Å². The van der Waals surface area contributed by atoms with E-state index < -0.39 is 0 Å². The molecule has 66 valence electrons. The Morgan fingerprint density at radius 1 is 1.50 bits per heavy atom. The second-order valence-electron chi connectivity index (χ2n) is 4.87. The molecule has 0 saturated heterocycles. The van der Waals surface area contributed by atoms with Crippen LogP contribution in [0.3, 0.4) is 0 Å². The van der Waals surface area contributed by atoms with Crippen molar-refractivity contribution in [2.45, 2.75) is 33.6 Å². The highest BCUT2D eigenvalue weighted by molar-refractivity contribution is 5.91. The van der Waals surface area contributed by atoms with Gasteiger partial charge >= 0.3 is 0 Å². The smallest absolute Gasteiger partial charge is 0.145 e. The molecule has 0 aliphatic heterocycles. The molecule has 1 fully saturated rings. The van der Waals surface area contributed by atoms with Gasteiger partial charge in [0.25, 0.3) is 0 Å². The highest BCUT2D eigenvalue weighted by Crippen LogP contribution is 2.49. The van der Waals surface area contributed by atoms with Crippen molar-refractivity contribution in [2.75, 3.05) is 0 Å². The van der Waals surface area contributed by atoms with Gasteiger partial charge in [0.1, 0.15) is 5.78 Å². The maximum Gasteiger partial charge on any atom is 0.145 e. The Morgan fingerprint density at radius 2 is 2.17 bits per heavy atom. The number of carbonyl (C=O) groups excluding carboxylic acids is 1. The summed E-state index contributed by atoms with van der Waals surface area (Å²) in [5.41, 5.74) is 1.26. The van der Waals surface area contributed by atoms with Gasteiger partial charge in [-0.15, -0.1) is 0 Å². The molecule has 0 aromatic heterocycles. The quantitative estimate of drug-likeness (QED) is 0.503. The van der Waals surface area contributed by atoms with Gasteiger partial charge in [-0.3, -0.25) is 4.79 Å². The first kappa shape index (κ1) is 8.03. The zero-order valence-corrected chi connectivity index (χ0v) is 8.05. The van der Waals surface area contributed by atoms with E-state index in [1.807, 2.05) is 0 Å². The average molecular weight is 164 g/mol. The third kappa shape index (κ3) is 0.886. The Bertz CT molecular complexity index is 260. The van der Waals surface area contributed by atoms with Crippen LogP contribution in [0.4, 0.5) is 0 Å². The van der Waals surface area contributed by atoms with E-state index in [0.717, 1.165) is 12.8 Å². The largest absolute Gasteiger partial charge is 0.298 e. The fourth-order valence-electron chi connectivity index (χ4n) is 2.77. The first-order valence-electron chi connectivity index (χ1n) is 4.73. The number of fused-ring (bicyclic) bond motifs is 1. The minimum atomic E-state index is -0.0507. The van der Waals surface area contributed by atoms with E-state index in [2.05, 4.69) is 26.8 Å². The van der Waals surface area contributed by atoms with E-state index in [4.69, 9.17) is 0 Å². The van der Waals surface area contributed by atoms with Crippen LogP contribution in [0.25, 0.3) is 0 Å². The predicted molar refractivity (Wildman–Crippen MR) is 48.8 cm³/mol. The zero-order chi connectivity index (χ0) is 8.93. The van der Waals surface area contributed by atoms with E-state index in [9.17, 15) is 4.79 Å². The summed E-state index contributed by atoms with van der Waals surface area (Å²) in [6.07, 6.45) is 4.46. The van der Waals surface area contributed by atoms with E-state index in [1.165, 1.54) is 5.57 Å². The molecule has 0 aromatic carbocycles. The normalized spacial score (nSPS) is 38.2.